The maximum absolute atomic E-state index is 13.5. The number of hydrogen-bond acceptors (Lipinski definition) is 6. The summed E-state index contributed by atoms with van der Waals surface area (Å²) >= 11 is 1.41. The molecular formula is C18H16F3N3O4S. The zero-order valence-corrected chi connectivity index (χ0v) is 16.1. The second-order valence-corrected chi connectivity index (χ2v) is 6.75. The van der Waals surface area contributed by atoms with E-state index in [4.69, 9.17) is 4.74 Å². The van der Waals surface area contributed by atoms with Gasteiger partial charge in [0.1, 0.15) is 0 Å². The zero-order chi connectivity index (χ0) is 21.6. The summed E-state index contributed by atoms with van der Waals surface area (Å²) in [4.78, 5) is 39.5. The molecule has 2 N–H and O–H groups in total. The van der Waals surface area contributed by atoms with Crippen molar-refractivity contribution in [1.82, 2.24) is 10.3 Å². The monoisotopic (exact) mass is 427 g/mol. The lowest BCUT2D eigenvalue weighted by Gasteiger charge is -2.12. The number of benzene rings is 1. The second kappa shape index (κ2) is 9.82. The number of ether oxygens (including phenoxy) is 1. The van der Waals surface area contributed by atoms with Crippen molar-refractivity contribution in [2.45, 2.75) is 20.0 Å². The number of nitrogens with one attached hydrogen (secondary N) is 2. The molecule has 0 saturated carbocycles. The van der Waals surface area contributed by atoms with Crippen LogP contribution < -0.4 is 10.6 Å². The Labute approximate surface area is 167 Å². The highest BCUT2D eigenvalue weighted by molar-refractivity contribution is 7.09. The van der Waals surface area contributed by atoms with Crippen molar-refractivity contribution < 1.29 is 32.3 Å². The molecule has 1 atom stereocenters. The Bertz CT molecular complexity index is 962. The highest BCUT2D eigenvalue weighted by atomic mass is 32.1. The van der Waals surface area contributed by atoms with E-state index in [0.29, 0.717) is 11.8 Å². The first kappa shape index (κ1) is 22.1. The molecular weight excluding hydrogens is 411 g/mol. The first-order valence-corrected chi connectivity index (χ1v) is 9.07. The van der Waals surface area contributed by atoms with Crippen molar-refractivity contribution in [3.63, 3.8) is 0 Å². The Balaban J connectivity index is 1.80. The smallest absolute Gasteiger partial charge is 0.331 e. The summed E-state index contributed by atoms with van der Waals surface area (Å²) in [6.07, 6.45) is 1.33. The largest absolute Gasteiger partial charge is 0.449 e. The molecule has 29 heavy (non-hydrogen) atoms. The molecule has 1 aromatic heterocycles. The molecule has 0 fully saturated rings. The Morgan fingerprint density at radius 3 is 2.62 bits per heavy atom. The predicted octanol–water partition coefficient (Wildman–Crippen LogP) is 2.57. The van der Waals surface area contributed by atoms with E-state index in [-0.39, 0.29) is 0 Å². The van der Waals surface area contributed by atoms with Gasteiger partial charge >= 0.3 is 5.97 Å². The fourth-order valence-corrected chi connectivity index (χ4v) is 2.59. The Morgan fingerprint density at radius 2 is 1.97 bits per heavy atom. The fraction of sp³-hybridized carbons (Fsp3) is 0.222. The van der Waals surface area contributed by atoms with Gasteiger partial charge in [-0.05, 0) is 32.1 Å². The Hall–Kier alpha value is -3.21. The number of thiazole rings is 1. The minimum absolute atomic E-state index is 0.572. The van der Waals surface area contributed by atoms with E-state index in [1.54, 1.807) is 5.38 Å². The van der Waals surface area contributed by atoms with Gasteiger partial charge in [-0.3, -0.25) is 9.59 Å². The van der Waals surface area contributed by atoms with Crippen LogP contribution in [0.5, 0.6) is 0 Å². The number of amides is 2. The van der Waals surface area contributed by atoms with Crippen LogP contribution >= 0.6 is 11.3 Å². The number of carbonyl (C=O) groups is 3. The van der Waals surface area contributed by atoms with Gasteiger partial charge in [0.25, 0.3) is 5.91 Å². The van der Waals surface area contributed by atoms with Gasteiger partial charge in [-0.1, -0.05) is 0 Å². The van der Waals surface area contributed by atoms with Crippen molar-refractivity contribution in [2.75, 3.05) is 11.9 Å². The van der Waals surface area contributed by atoms with E-state index in [9.17, 15) is 27.6 Å². The summed E-state index contributed by atoms with van der Waals surface area (Å²) in [5.41, 5.74) is -0.00673. The van der Waals surface area contributed by atoms with Gasteiger partial charge in [0.05, 0.1) is 22.9 Å². The summed E-state index contributed by atoms with van der Waals surface area (Å²) < 4.78 is 44.4. The molecule has 0 aliphatic rings. The third-order valence-electron chi connectivity index (χ3n) is 3.42. The molecule has 154 valence electrons. The van der Waals surface area contributed by atoms with Crippen molar-refractivity contribution in [1.29, 1.82) is 0 Å². The Morgan fingerprint density at radius 1 is 1.24 bits per heavy atom. The molecule has 0 aliphatic heterocycles. The van der Waals surface area contributed by atoms with E-state index in [2.05, 4.69) is 10.3 Å². The normalized spacial score (nSPS) is 11.9. The molecule has 2 aromatic rings. The van der Waals surface area contributed by atoms with Crippen LogP contribution in [0.3, 0.4) is 0 Å². The average molecular weight is 427 g/mol. The maximum atomic E-state index is 13.5. The standard InChI is InChI=1S/C18H16F3N3O4S/c1-9(28-15(26)6-3-11-8-29-10(2)23-11)18(27)22-7-14(25)24-13-5-4-12(19)16(20)17(13)21/h3-6,8-9H,7H2,1-2H3,(H,22,27)(H,24,25)/b6-3+. The topological polar surface area (TPSA) is 97.4 Å². The zero-order valence-electron chi connectivity index (χ0n) is 15.3. The number of hydrogen-bond donors (Lipinski definition) is 2. The van der Waals surface area contributed by atoms with Crippen molar-refractivity contribution >= 4 is 40.9 Å². The van der Waals surface area contributed by atoms with Crippen molar-refractivity contribution in [3.8, 4) is 0 Å². The van der Waals surface area contributed by atoms with Crippen molar-refractivity contribution in [3.05, 3.63) is 51.7 Å². The highest BCUT2D eigenvalue weighted by Crippen LogP contribution is 2.19. The Kier molecular flexibility index (Phi) is 7.48. The molecule has 2 amide bonds. The molecule has 1 unspecified atom stereocenters. The van der Waals surface area contributed by atoms with Gasteiger partial charge in [-0.2, -0.15) is 0 Å². The minimum atomic E-state index is -1.73. The summed E-state index contributed by atoms with van der Waals surface area (Å²) in [7, 11) is 0. The van der Waals surface area contributed by atoms with E-state index in [0.717, 1.165) is 17.2 Å². The quantitative estimate of drug-likeness (QED) is 0.402. The molecule has 7 nitrogen and oxygen atoms in total. The van der Waals surface area contributed by atoms with Gasteiger partial charge in [0, 0.05) is 11.5 Å². The SMILES string of the molecule is Cc1nc(/C=C/C(=O)OC(C)C(=O)NCC(=O)Nc2ccc(F)c(F)c2F)cs1. The molecule has 0 radical (unpaired) electrons. The lowest BCUT2D eigenvalue weighted by molar-refractivity contribution is -0.150. The minimum Gasteiger partial charge on any atom is -0.449 e. The number of halogens is 3. The number of aryl methyl sites for hydroxylation is 1. The van der Waals surface area contributed by atoms with Crippen LogP contribution in [0.25, 0.3) is 6.08 Å². The fourth-order valence-electron chi connectivity index (χ4n) is 2.01. The van der Waals surface area contributed by atoms with Gasteiger partial charge in [-0.25, -0.2) is 22.9 Å². The molecule has 11 heteroatoms. The molecule has 0 spiro atoms. The van der Waals surface area contributed by atoms with Crippen LogP contribution in [0.15, 0.2) is 23.6 Å². The van der Waals surface area contributed by atoms with Gasteiger partial charge in [0.15, 0.2) is 23.6 Å². The highest BCUT2D eigenvalue weighted by Gasteiger charge is 2.19. The van der Waals surface area contributed by atoms with E-state index in [1.165, 1.54) is 24.3 Å². The lowest BCUT2D eigenvalue weighted by Crippen LogP contribution is -2.40. The first-order valence-electron chi connectivity index (χ1n) is 8.19. The average Bonchev–Trinajstić information content (AvgIpc) is 3.10. The number of aromatic nitrogens is 1. The van der Waals surface area contributed by atoms with E-state index in [1.807, 2.05) is 12.2 Å². The van der Waals surface area contributed by atoms with Crippen LogP contribution in [0, 0.1) is 24.4 Å². The molecule has 2 rings (SSSR count). The number of anilines is 1. The molecule has 1 heterocycles. The molecule has 0 aliphatic carbocycles. The van der Waals surface area contributed by atoms with Crippen LogP contribution in [0.2, 0.25) is 0 Å². The number of rotatable bonds is 7. The van der Waals surface area contributed by atoms with Crippen LogP contribution in [-0.2, 0) is 19.1 Å². The lowest BCUT2D eigenvalue weighted by atomic mass is 10.2. The van der Waals surface area contributed by atoms with E-state index < -0.39 is 53.6 Å². The van der Waals surface area contributed by atoms with Crippen LogP contribution in [-0.4, -0.2) is 35.4 Å². The summed E-state index contributed by atoms with van der Waals surface area (Å²) in [6.45, 7) is 2.50. The summed E-state index contributed by atoms with van der Waals surface area (Å²) in [5, 5.41) is 6.74. The maximum Gasteiger partial charge on any atom is 0.331 e. The third kappa shape index (κ3) is 6.42. The third-order valence-corrected chi connectivity index (χ3v) is 4.21. The van der Waals surface area contributed by atoms with Crippen LogP contribution in [0.1, 0.15) is 17.6 Å². The molecule has 1 aromatic carbocycles. The first-order chi connectivity index (χ1) is 13.7. The van der Waals surface area contributed by atoms with Gasteiger partial charge in [0.2, 0.25) is 5.91 Å². The number of esters is 1. The molecule has 0 bridgehead atoms. The van der Waals surface area contributed by atoms with Crippen LogP contribution in [0.4, 0.5) is 18.9 Å². The summed E-state index contributed by atoms with van der Waals surface area (Å²) in [6, 6.07) is 1.49. The number of nitrogens with zero attached hydrogens (tertiary/aromatic N) is 1. The summed E-state index contributed by atoms with van der Waals surface area (Å²) in [5.74, 6) is -7.14. The predicted molar refractivity (Wildman–Crippen MR) is 99.4 cm³/mol. The molecule has 0 saturated heterocycles. The van der Waals surface area contributed by atoms with Gasteiger partial charge < -0.3 is 15.4 Å². The van der Waals surface area contributed by atoms with Gasteiger partial charge in [-0.15, -0.1) is 11.3 Å². The number of carbonyl (C=O) groups excluding carboxylic acids is 3. The van der Waals surface area contributed by atoms with E-state index >= 15 is 0 Å². The van der Waals surface area contributed by atoms with Crippen molar-refractivity contribution in [2.24, 2.45) is 0 Å². The second-order valence-electron chi connectivity index (χ2n) is 5.69.